The highest BCUT2D eigenvalue weighted by atomic mass is 16.6. The molecule has 6 nitrogen and oxygen atoms in total. The van der Waals surface area contributed by atoms with Crippen LogP contribution in [-0.4, -0.2) is 37.2 Å². The Hall–Kier alpha value is -3.41. The lowest BCUT2D eigenvalue weighted by molar-refractivity contribution is -0.167. The molecule has 0 rings (SSSR count). The highest BCUT2D eigenvalue weighted by Gasteiger charge is 2.19. The molecule has 0 bridgehead atoms. The van der Waals surface area contributed by atoms with Gasteiger partial charge in [-0.15, -0.1) is 0 Å². The SMILES string of the molecule is CC/C=C\C/C=C\C/C=C\C/C=C\C/C=C\CCCC(=O)OC(COC(=O)CCCCCCC/C=C\C/C=C\CCC)COC(=O)CCCCCCCCCCCCCCCCCCCCCCCC. The first kappa shape index (κ1) is 66.6. The Morgan fingerprint density at radius 1 is 0.300 bits per heavy atom. The number of allylic oxidation sites excluding steroid dienone is 14. The summed E-state index contributed by atoms with van der Waals surface area (Å²) in [6.07, 6.45) is 75.9. The van der Waals surface area contributed by atoms with E-state index in [-0.39, 0.29) is 37.5 Å². The molecule has 70 heavy (non-hydrogen) atoms. The van der Waals surface area contributed by atoms with Crippen molar-refractivity contribution in [3.63, 3.8) is 0 Å². The normalized spacial score (nSPS) is 12.7. The minimum absolute atomic E-state index is 0.102. The maximum Gasteiger partial charge on any atom is 0.306 e. The number of rotatable bonds is 53. The van der Waals surface area contributed by atoms with Crippen LogP contribution in [0.3, 0.4) is 0 Å². The van der Waals surface area contributed by atoms with E-state index in [4.69, 9.17) is 14.2 Å². The number of unbranched alkanes of at least 4 members (excludes halogenated alkanes) is 28. The van der Waals surface area contributed by atoms with Crippen molar-refractivity contribution >= 4 is 17.9 Å². The minimum Gasteiger partial charge on any atom is -0.462 e. The van der Waals surface area contributed by atoms with Crippen LogP contribution in [0.25, 0.3) is 0 Å². The second-order valence-corrected chi connectivity index (χ2v) is 19.5. The third kappa shape index (κ3) is 55.5. The first-order chi connectivity index (χ1) is 34.5. The molecule has 6 heteroatoms. The van der Waals surface area contributed by atoms with Crippen molar-refractivity contribution in [3.05, 3.63) is 85.1 Å². The van der Waals surface area contributed by atoms with E-state index in [0.717, 1.165) is 109 Å². The summed E-state index contributed by atoms with van der Waals surface area (Å²) in [6.45, 7) is 6.43. The summed E-state index contributed by atoms with van der Waals surface area (Å²) in [7, 11) is 0. The highest BCUT2D eigenvalue weighted by Crippen LogP contribution is 2.16. The quantitative estimate of drug-likeness (QED) is 0.0261. The van der Waals surface area contributed by atoms with Gasteiger partial charge in [0, 0.05) is 19.3 Å². The molecular weight excluding hydrogens is 865 g/mol. The van der Waals surface area contributed by atoms with Crippen molar-refractivity contribution in [1.29, 1.82) is 0 Å². The molecule has 1 atom stereocenters. The standard InChI is InChI=1S/C64H110O6/c1-4-7-10-13-16-19-22-25-27-29-30-31-32-33-35-36-39-42-45-48-51-54-57-63(66)69-60-61(59-68-62(65)56-53-50-47-44-41-38-24-21-18-15-12-9-6-3)70-64(67)58-55-52-49-46-43-40-37-34-28-26-23-20-17-14-11-8-5-2/h8,11-12,15,17,20-21,24,26,28,37,40,46,49,61H,4-7,9-10,13-14,16,18-19,22-23,25,27,29-36,38-39,41-45,47-48,50-60H2,1-3H3/b11-8-,15-12-,20-17-,24-21-,28-26-,40-37-,49-46-. The van der Waals surface area contributed by atoms with Gasteiger partial charge in [-0.05, 0) is 83.5 Å². The van der Waals surface area contributed by atoms with Gasteiger partial charge in [0.25, 0.3) is 0 Å². The van der Waals surface area contributed by atoms with Crippen LogP contribution in [0, 0.1) is 0 Å². The fourth-order valence-corrected chi connectivity index (χ4v) is 8.22. The first-order valence-corrected chi connectivity index (χ1v) is 29.6. The van der Waals surface area contributed by atoms with Gasteiger partial charge < -0.3 is 14.2 Å². The van der Waals surface area contributed by atoms with Crippen LogP contribution >= 0.6 is 0 Å². The average Bonchev–Trinajstić information content (AvgIpc) is 3.36. The molecule has 0 aliphatic heterocycles. The number of carbonyl (C=O) groups is 3. The lowest BCUT2D eigenvalue weighted by atomic mass is 10.0. The van der Waals surface area contributed by atoms with Gasteiger partial charge in [0.05, 0.1) is 0 Å². The Morgan fingerprint density at radius 3 is 0.971 bits per heavy atom. The molecule has 0 spiro atoms. The monoisotopic (exact) mass is 975 g/mol. The third-order valence-corrected chi connectivity index (χ3v) is 12.6. The van der Waals surface area contributed by atoms with Crippen LogP contribution in [0.1, 0.15) is 284 Å². The van der Waals surface area contributed by atoms with E-state index >= 15 is 0 Å². The second-order valence-electron chi connectivity index (χ2n) is 19.5. The molecule has 0 aromatic carbocycles. The van der Waals surface area contributed by atoms with Crippen LogP contribution in [-0.2, 0) is 28.6 Å². The number of hydrogen-bond acceptors (Lipinski definition) is 6. The summed E-state index contributed by atoms with van der Waals surface area (Å²) in [6, 6.07) is 0. The van der Waals surface area contributed by atoms with Crippen molar-refractivity contribution in [1.82, 2.24) is 0 Å². The highest BCUT2D eigenvalue weighted by molar-refractivity contribution is 5.71. The van der Waals surface area contributed by atoms with Crippen LogP contribution in [0.15, 0.2) is 85.1 Å². The second kappa shape index (κ2) is 58.2. The maximum absolute atomic E-state index is 12.8. The topological polar surface area (TPSA) is 78.9 Å². The first-order valence-electron chi connectivity index (χ1n) is 29.6. The summed E-state index contributed by atoms with van der Waals surface area (Å²) in [5.41, 5.74) is 0. The van der Waals surface area contributed by atoms with E-state index in [1.807, 2.05) is 0 Å². The molecule has 0 saturated carbocycles. The Morgan fingerprint density at radius 2 is 0.600 bits per heavy atom. The van der Waals surface area contributed by atoms with E-state index < -0.39 is 6.10 Å². The Kier molecular flexibility index (Phi) is 55.3. The lowest BCUT2D eigenvalue weighted by Crippen LogP contribution is -2.30. The summed E-state index contributed by atoms with van der Waals surface area (Å²) < 4.78 is 16.8. The molecular formula is C64H110O6. The smallest absolute Gasteiger partial charge is 0.306 e. The van der Waals surface area contributed by atoms with Crippen molar-refractivity contribution in [2.45, 2.75) is 290 Å². The molecule has 0 aliphatic rings. The van der Waals surface area contributed by atoms with E-state index in [1.165, 1.54) is 128 Å². The molecule has 402 valence electrons. The van der Waals surface area contributed by atoms with Crippen LogP contribution in [0.4, 0.5) is 0 Å². The molecule has 0 amide bonds. The van der Waals surface area contributed by atoms with Crippen molar-refractivity contribution in [2.75, 3.05) is 13.2 Å². The van der Waals surface area contributed by atoms with Crippen LogP contribution in [0.2, 0.25) is 0 Å². The van der Waals surface area contributed by atoms with Crippen molar-refractivity contribution in [2.24, 2.45) is 0 Å². The zero-order valence-corrected chi connectivity index (χ0v) is 46.0. The van der Waals surface area contributed by atoms with Gasteiger partial charge in [0.1, 0.15) is 13.2 Å². The van der Waals surface area contributed by atoms with Gasteiger partial charge in [-0.25, -0.2) is 0 Å². The van der Waals surface area contributed by atoms with Gasteiger partial charge in [-0.2, -0.15) is 0 Å². The van der Waals surface area contributed by atoms with Gasteiger partial charge in [0.2, 0.25) is 0 Å². The van der Waals surface area contributed by atoms with E-state index in [9.17, 15) is 14.4 Å². The lowest BCUT2D eigenvalue weighted by Gasteiger charge is -2.18. The predicted molar refractivity (Wildman–Crippen MR) is 302 cm³/mol. The van der Waals surface area contributed by atoms with Crippen LogP contribution in [0.5, 0.6) is 0 Å². The Labute approximate surface area is 433 Å². The van der Waals surface area contributed by atoms with Crippen LogP contribution < -0.4 is 0 Å². The van der Waals surface area contributed by atoms with Crippen molar-refractivity contribution < 1.29 is 28.6 Å². The predicted octanol–water partition coefficient (Wildman–Crippen LogP) is 19.9. The summed E-state index contributed by atoms with van der Waals surface area (Å²) >= 11 is 0. The fourth-order valence-electron chi connectivity index (χ4n) is 8.22. The average molecular weight is 976 g/mol. The number of carbonyl (C=O) groups excluding carboxylic acids is 3. The third-order valence-electron chi connectivity index (χ3n) is 12.6. The van der Waals surface area contributed by atoms with Gasteiger partial charge in [-0.3, -0.25) is 14.4 Å². The van der Waals surface area contributed by atoms with Gasteiger partial charge >= 0.3 is 17.9 Å². The number of hydrogen-bond donors (Lipinski definition) is 0. The molecule has 0 heterocycles. The maximum atomic E-state index is 12.8. The largest absolute Gasteiger partial charge is 0.462 e. The Balaban J connectivity index is 4.38. The molecule has 0 radical (unpaired) electrons. The fraction of sp³-hybridized carbons (Fsp3) is 0.734. The van der Waals surface area contributed by atoms with E-state index in [0.29, 0.717) is 19.3 Å². The Bertz CT molecular complexity index is 1350. The number of esters is 3. The molecule has 0 N–H and O–H groups in total. The molecule has 0 saturated heterocycles. The zero-order valence-electron chi connectivity index (χ0n) is 46.0. The van der Waals surface area contributed by atoms with E-state index in [2.05, 4.69) is 106 Å². The summed E-state index contributed by atoms with van der Waals surface area (Å²) in [4.78, 5) is 38.1. The molecule has 0 fully saturated rings. The molecule has 0 aromatic rings. The zero-order chi connectivity index (χ0) is 50.7. The van der Waals surface area contributed by atoms with Crippen molar-refractivity contribution in [3.8, 4) is 0 Å². The summed E-state index contributed by atoms with van der Waals surface area (Å²) in [5, 5.41) is 0. The summed E-state index contributed by atoms with van der Waals surface area (Å²) in [5.74, 6) is -0.968. The molecule has 0 aliphatic carbocycles. The van der Waals surface area contributed by atoms with Gasteiger partial charge in [0.15, 0.2) is 6.10 Å². The molecule has 0 aromatic heterocycles. The molecule has 1 unspecified atom stereocenters. The minimum atomic E-state index is -0.811. The van der Waals surface area contributed by atoms with Gasteiger partial charge in [-0.1, -0.05) is 266 Å². The van der Waals surface area contributed by atoms with E-state index in [1.54, 1.807) is 0 Å². The number of ether oxygens (including phenoxy) is 3.